The molecule has 1 aliphatic rings. The fourth-order valence-electron chi connectivity index (χ4n) is 2.89. The fourth-order valence-corrected chi connectivity index (χ4v) is 2.89. The maximum absolute atomic E-state index is 9.05. The summed E-state index contributed by atoms with van der Waals surface area (Å²) in [6.07, 6.45) is 5.58. The summed E-state index contributed by atoms with van der Waals surface area (Å²) in [5.74, 6) is 1.85. The van der Waals surface area contributed by atoms with E-state index in [0.29, 0.717) is 5.41 Å². The minimum atomic E-state index is 0.0688. The van der Waals surface area contributed by atoms with Crippen molar-refractivity contribution in [1.29, 1.82) is 0 Å². The Morgan fingerprint density at radius 1 is 1.26 bits per heavy atom. The van der Waals surface area contributed by atoms with Crippen LogP contribution in [0.15, 0.2) is 18.3 Å². The molecule has 3 heteroatoms. The van der Waals surface area contributed by atoms with Gasteiger partial charge in [0.05, 0.1) is 6.61 Å². The van der Waals surface area contributed by atoms with E-state index in [0.717, 1.165) is 30.4 Å². The highest BCUT2D eigenvalue weighted by Gasteiger charge is 2.27. The van der Waals surface area contributed by atoms with Gasteiger partial charge in [0.2, 0.25) is 0 Å². The largest absolute Gasteiger partial charge is 0.392 e. The highest BCUT2D eigenvalue weighted by atomic mass is 16.3. The molecule has 0 bridgehead atoms. The number of hydrogen-bond donors (Lipinski definition) is 1. The normalized spacial score (nSPS) is 21.3. The SMILES string of the molecule is CC(C)(C)C1CCCN(c2ccc(CO)cn2)CC1. The molecule has 0 aromatic carbocycles. The van der Waals surface area contributed by atoms with E-state index >= 15 is 0 Å². The molecular formula is C16H26N2O. The van der Waals surface area contributed by atoms with Crippen LogP contribution in [0, 0.1) is 11.3 Å². The lowest BCUT2D eigenvalue weighted by Gasteiger charge is -2.29. The van der Waals surface area contributed by atoms with Crippen molar-refractivity contribution in [2.45, 2.75) is 46.6 Å². The number of anilines is 1. The first kappa shape index (κ1) is 14.3. The Hall–Kier alpha value is -1.09. The third-order valence-corrected chi connectivity index (χ3v) is 4.27. The molecule has 1 aromatic rings. The van der Waals surface area contributed by atoms with Gasteiger partial charge in [-0.05, 0) is 42.2 Å². The van der Waals surface area contributed by atoms with Gasteiger partial charge in [0, 0.05) is 19.3 Å². The molecule has 1 aromatic heterocycles. The van der Waals surface area contributed by atoms with E-state index in [4.69, 9.17) is 5.11 Å². The molecule has 0 aliphatic carbocycles. The number of aliphatic hydroxyl groups is 1. The first-order valence-electron chi connectivity index (χ1n) is 7.31. The zero-order valence-corrected chi connectivity index (χ0v) is 12.4. The van der Waals surface area contributed by atoms with Crippen LogP contribution in [0.3, 0.4) is 0 Å². The van der Waals surface area contributed by atoms with Gasteiger partial charge in [-0.3, -0.25) is 0 Å². The van der Waals surface area contributed by atoms with Crippen LogP contribution in [-0.2, 0) is 6.61 Å². The third kappa shape index (κ3) is 3.69. The molecule has 0 saturated carbocycles. The Bertz CT molecular complexity index is 394. The van der Waals surface area contributed by atoms with Gasteiger partial charge >= 0.3 is 0 Å². The number of hydrogen-bond acceptors (Lipinski definition) is 3. The van der Waals surface area contributed by atoms with Crippen molar-refractivity contribution in [3.05, 3.63) is 23.9 Å². The molecule has 2 heterocycles. The second-order valence-corrected chi connectivity index (χ2v) is 6.66. The van der Waals surface area contributed by atoms with E-state index in [1.165, 1.54) is 19.3 Å². The van der Waals surface area contributed by atoms with E-state index < -0.39 is 0 Å². The summed E-state index contributed by atoms with van der Waals surface area (Å²) < 4.78 is 0. The molecule has 3 nitrogen and oxygen atoms in total. The molecule has 19 heavy (non-hydrogen) atoms. The van der Waals surface area contributed by atoms with Gasteiger partial charge in [0.1, 0.15) is 5.82 Å². The van der Waals surface area contributed by atoms with Crippen LogP contribution >= 0.6 is 0 Å². The topological polar surface area (TPSA) is 36.4 Å². The molecule has 0 spiro atoms. The van der Waals surface area contributed by atoms with Gasteiger partial charge in [-0.25, -0.2) is 4.98 Å². The lowest BCUT2D eigenvalue weighted by atomic mass is 9.77. The Morgan fingerprint density at radius 2 is 2.05 bits per heavy atom. The Balaban J connectivity index is 2.02. The van der Waals surface area contributed by atoms with Crippen molar-refractivity contribution < 1.29 is 5.11 Å². The first-order chi connectivity index (χ1) is 9.00. The lowest BCUT2D eigenvalue weighted by Crippen LogP contribution is -2.26. The third-order valence-electron chi connectivity index (χ3n) is 4.27. The fraction of sp³-hybridized carbons (Fsp3) is 0.688. The van der Waals surface area contributed by atoms with Gasteiger partial charge in [-0.1, -0.05) is 26.8 Å². The molecule has 1 fully saturated rings. The van der Waals surface area contributed by atoms with Crippen molar-refractivity contribution in [3.8, 4) is 0 Å². The summed E-state index contributed by atoms with van der Waals surface area (Å²) in [7, 11) is 0. The molecule has 0 radical (unpaired) electrons. The van der Waals surface area contributed by atoms with Crippen LogP contribution in [-0.4, -0.2) is 23.2 Å². The Labute approximate surface area is 116 Å². The van der Waals surface area contributed by atoms with E-state index in [1.54, 1.807) is 6.20 Å². The van der Waals surface area contributed by atoms with Crippen LogP contribution < -0.4 is 4.90 Å². The van der Waals surface area contributed by atoms with Crippen molar-refractivity contribution in [2.24, 2.45) is 11.3 Å². The molecule has 0 amide bonds. The van der Waals surface area contributed by atoms with E-state index in [-0.39, 0.29) is 6.61 Å². The average Bonchev–Trinajstić information content (AvgIpc) is 2.64. The number of nitrogens with zero attached hydrogens (tertiary/aromatic N) is 2. The lowest BCUT2D eigenvalue weighted by molar-refractivity contribution is 0.220. The molecule has 1 saturated heterocycles. The Morgan fingerprint density at radius 3 is 2.63 bits per heavy atom. The summed E-state index contributed by atoms with van der Waals surface area (Å²) >= 11 is 0. The van der Waals surface area contributed by atoms with E-state index in [1.807, 2.05) is 12.1 Å². The number of rotatable bonds is 2. The van der Waals surface area contributed by atoms with Crippen molar-refractivity contribution in [3.63, 3.8) is 0 Å². The van der Waals surface area contributed by atoms with Gasteiger partial charge in [-0.2, -0.15) is 0 Å². The summed E-state index contributed by atoms with van der Waals surface area (Å²) in [4.78, 5) is 6.85. The van der Waals surface area contributed by atoms with Gasteiger partial charge in [0.25, 0.3) is 0 Å². The average molecular weight is 262 g/mol. The predicted octanol–water partition coefficient (Wildman–Crippen LogP) is 3.23. The Kier molecular flexibility index (Phi) is 4.46. The minimum Gasteiger partial charge on any atom is -0.392 e. The van der Waals surface area contributed by atoms with Crippen LogP contribution in [0.4, 0.5) is 5.82 Å². The van der Waals surface area contributed by atoms with Crippen molar-refractivity contribution >= 4 is 5.82 Å². The molecular weight excluding hydrogens is 236 g/mol. The van der Waals surface area contributed by atoms with E-state index in [2.05, 4.69) is 30.7 Å². The standard InChI is InChI=1S/C16H26N2O/c1-16(2,3)14-5-4-9-18(10-8-14)15-7-6-13(12-19)11-17-15/h6-7,11,14,19H,4-5,8-10,12H2,1-3H3. The summed E-state index contributed by atoms with van der Waals surface area (Å²) in [6, 6.07) is 4.00. The molecule has 106 valence electrons. The summed E-state index contributed by atoms with van der Waals surface area (Å²) in [5.41, 5.74) is 1.29. The zero-order valence-electron chi connectivity index (χ0n) is 12.4. The monoisotopic (exact) mass is 262 g/mol. The van der Waals surface area contributed by atoms with Crippen LogP contribution in [0.1, 0.15) is 45.6 Å². The summed E-state index contributed by atoms with van der Waals surface area (Å²) in [6.45, 7) is 9.30. The molecule has 1 N–H and O–H groups in total. The molecule has 1 atom stereocenters. The quantitative estimate of drug-likeness (QED) is 0.889. The number of pyridine rings is 1. The predicted molar refractivity (Wildman–Crippen MR) is 79.2 cm³/mol. The van der Waals surface area contributed by atoms with Crippen LogP contribution in [0.25, 0.3) is 0 Å². The zero-order chi connectivity index (χ0) is 13.9. The van der Waals surface area contributed by atoms with Crippen LogP contribution in [0.2, 0.25) is 0 Å². The number of aromatic nitrogens is 1. The van der Waals surface area contributed by atoms with Gasteiger partial charge < -0.3 is 10.0 Å². The van der Waals surface area contributed by atoms with Crippen molar-refractivity contribution in [2.75, 3.05) is 18.0 Å². The summed E-state index contributed by atoms with van der Waals surface area (Å²) in [5, 5.41) is 9.05. The highest BCUT2D eigenvalue weighted by Crippen LogP contribution is 2.34. The maximum Gasteiger partial charge on any atom is 0.128 e. The van der Waals surface area contributed by atoms with Crippen molar-refractivity contribution in [1.82, 2.24) is 4.98 Å². The second kappa shape index (κ2) is 5.91. The minimum absolute atomic E-state index is 0.0688. The molecule has 1 unspecified atom stereocenters. The number of aliphatic hydroxyl groups excluding tert-OH is 1. The van der Waals surface area contributed by atoms with Gasteiger partial charge in [-0.15, -0.1) is 0 Å². The smallest absolute Gasteiger partial charge is 0.128 e. The maximum atomic E-state index is 9.05. The van der Waals surface area contributed by atoms with Gasteiger partial charge in [0.15, 0.2) is 0 Å². The second-order valence-electron chi connectivity index (χ2n) is 6.66. The molecule has 2 rings (SSSR count). The molecule has 1 aliphatic heterocycles. The van der Waals surface area contributed by atoms with Crippen LogP contribution in [0.5, 0.6) is 0 Å². The van der Waals surface area contributed by atoms with E-state index in [9.17, 15) is 0 Å². The first-order valence-corrected chi connectivity index (χ1v) is 7.31. The highest BCUT2D eigenvalue weighted by molar-refractivity contribution is 5.39.